The molecule has 4 rings (SSSR count). The van der Waals surface area contributed by atoms with Crippen LogP contribution in [-0.4, -0.2) is 48.5 Å². The van der Waals surface area contributed by atoms with Crippen molar-refractivity contribution >= 4 is 0 Å². The Morgan fingerprint density at radius 2 is 1.91 bits per heavy atom. The van der Waals surface area contributed by atoms with E-state index in [9.17, 15) is 10.2 Å². The Morgan fingerprint density at radius 3 is 2.65 bits per heavy atom. The standard InChI is InChI=1S/C18H21NO4/c1-22-16-7-13-14(8-17(16)23-2)18-9-12(20)4-3-11(18)5-6-19(18)10-15(13)21/h3-5,7-8,12,15,20-21H,6,9-10H2,1-2H3/t12-,15-,18-/m0/s1. The second-order valence-electron chi connectivity index (χ2n) is 6.37. The Bertz CT molecular complexity index is 711. The highest BCUT2D eigenvalue weighted by Gasteiger charge is 2.51. The van der Waals surface area contributed by atoms with E-state index in [4.69, 9.17) is 9.47 Å². The summed E-state index contributed by atoms with van der Waals surface area (Å²) in [5.41, 5.74) is 2.65. The van der Waals surface area contributed by atoms with E-state index in [0.717, 1.165) is 17.7 Å². The topological polar surface area (TPSA) is 62.2 Å². The van der Waals surface area contributed by atoms with Gasteiger partial charge in [0.05, 0.1) is 32.0 Å². The maximum atomic E-state index is 10.6. The zero-order chi connectivity index (χ0) is 16.2. The molecule has 0 saturated heterocycles. The predicted molar refractivity (Wildman–Crippen MR) is 85.6 cm³/mol. The average molecular weight is 315 g/mol. The lowest BCUT2D eigenvalue weighted by molar-refractivity contribution is 0.0206. The minimum atomic E-state index is -0.578. The monoisotopic (exact) mass is 315 g/mol. The molecule has 2 aliphatic heterocycles. The van der Waals surface area contributed by atoms with E-state index in [1.165, 1.54) is 5.57 Å². The highest BCUT2D eigenvalue weighted by atomic mass is 16.5. The van der Waals surface area contributed by atoms with Gasteiger partial charge in [-0.15, -0.1) is 0 Å². The fourth-order valence-electron chi connectivity index (χ4n) is 4.26. The van der Waals surface area contributed by atoms with Crippen molar-refractivity contribution in [3.05, 3.63) is 47.1 Å². The summed E-state index contributed by atoms with van der Waals surface area (Å²) in [5, 5.41) is 20.9. The summed E-state index contributed by atoms with van der Waals surface area (Å²) in [5.74, 6) is 1.26. The third kappa shape index (κ3) is 1.90. The van der Waals surface area contributed by atoms with Crippen LogP contribution in [0.2, 0.25) is 0 Å². The summed E-state index contributed by atoms with van der Waals surface area (Å²) < 4.78 is 10.9. The van der Waals surface area contributed by atoms with Crippen molar-refractivity contribution in [3.63, 3.8) is 0 Å². The summed E-state index contributed by atoms with van der Waals surface area (Å²) in [6.07, 6.45) is 5.54. The summed E-state index contributed by atoms with van der Waals surface area (Å²) >= 11 is 0. The second kappa shape index (κ2) is 5.09. The smallest absolute Gasteiger partial charge is 0.161 e. The maximum absolute atomic E-state index is 10.6. The lowest BCUT2D eigenvalue weighted by Gasteiger charge is -2.49. The molecule has 3 aliphatic rings. The molecule has 0 unspecified atom stereocenters. The van der Waals surface area contributed by atoms with E-state index < -0.39 is 12.2 Å². The zero-order valence-electron chi connectivity index (χ0n) is 13.3. The van der Waals surface area contributed by atoms with Crippen LogP contribution >= 0.6 is 0 Å². The fraction of sp³-hybridized carbons (Fsp3) is 0.444. The first kappa shape index (κ1) is 14.8. The van der Waals surface area contributed by atoms with Gasteiger partial charge in [-0.3, -0.25) is 4.90 Å². The van der Waals surface area contributed by atoms with Gasteiger partial charge in [0.2, 0.25) is 0 Å². The van der Waals surface area contributed by atoms with Gasteiger partial charge in [-0.25, -0.2) is 0 Å². The largest absolute Gasteiger partial charge is 0.493 e. The van der Waals surface area contributed by atoms with Crippen molar-refractivity contribution in [2.75, 3.05) is 27.3 Å². The number of methoxy groups -OCH3 is 2. The third-order valence-corrected chi connectivity index (χ3v) is 5.31. The van der Waals surface area contributed by atoms with Crippen LogP contribution in [0.15, 0.2) is 35.9 Å². The molecule has 122 valence electrons. The number of aliphatic hydroxyl groups is 2. The van der Waals surface area contributed by atoms with Crippen LogP contribution in [0, 0.1) is 0 Å². The molecule has 0 aromatic heterocycles. The molecule has 0 radical (unpaired) electrons. The number of hydrogen-bond acceptors (Lipinski definition) is 5. The van der Waals surface area contributed by atoms with E-state index in [1.54, 1.807) is 14.2 Å². The van der Waals surface area contributed by atoms with Crippen molar-refractivity contribution in [1.29, 1.82) is 0 Å². The number of hydrogen-bond donors (Lipinski definition) is 2. The van der Waals surface area contributed by atoms with Crippen molar-refractivity contribution in [2.24, 2.45) is 0 Å². The molecule has 0 saturated carbocycles. The summed E-state index contributed by atoms with van der Waals surface area (Å²) in [4.78, 5) is 2.24. The van der Waals surface area contributed by atoms with Crippen LogP contribution in [0.25, 0.3) is 0 Å². The number of benzene rings is 1. The average Bonchev–Trinajstić information content (AvgIpc) is 2.92. The van der Waals surface area contributed by atoms with Crippen LogP contribution in [0.3, 0.4) is 0 Å². The third-order valence-electron chi connectivity index (χ3n) is 5.31. The Morgan fingerprint density at radius 1 is 1.17 bits per heavy atom. The fourth-order valence-corrected chi connectivity index (χ4v) is 4.26. The molecular weight excluding hydrogens is 294 g/mol. The van der Waals surface area contributed by atoms with Crippen LogP contribution in [0.4, 0.5) is 0 Å². The Kier molecular flexibility index (Phi) is 3.27. The van der Waals surface area contributed by atoms with Crippen molar-refractivity contribution in [2.45, 2.75) is 24.2 Å². The molecular formula is C18H21NO4. The van der Waals surface area contributed by atoms with Crippen molar-refractivity contribution in [3.8, 4) is 11.5 Å². The maximum Gasteiger partial charge on any atom is 0.161 e. The number of ether oxygens (including phenoxy) is 2. The van der Waals surface area contributed by atoms with Crippen LogP contribution in [-0.2, 0) is 5.54 Å². The second-order valence-corrected chi connectivity index (χ2v) is 6.37. The van der Waals surface area contributed by atoms with Crippen LogP contribution in [0.1, 0.15) is 23.7 Å². The molecule has 1 aromatic carbocycles. The SMILES string of the molecule is COc1cc2c(cc1OC)[C@]13C[C@@H](O)C=CC1=CCN3C[C@@H]2O. The summed E-state index contributed by atoms with van der Waals surface area (Å²) in [7, 11) is 3.21. The van der Waals surface area contributed by atoms with Gasteiger partial charge in [-0.2, -0.15) is 0 Å². The van der Waals surface area contributed by atoms with E-state index in [1.807, 2.05) is 24.3 Å². The molecule has 2 heterocycles. The minimum Gasteiger partial charge on any atom is -0.493 e. The molecule has 1 aliphatic carbocycles. The molecule has 3 atom stereocenters. The molecule has 1 spiro atoms. The first-order valence-electron chi connectivity index (χ1n) is 7.86. The molecule has 1 aromatic rings. The van der Waals surface area contributed by atoms with Crippen LogP contribution < -0.4 is 9.47 Å². The number of fused-ring (bicyclic) bond motifs is 1. The zero-order valence-corrected chi connectivity index (χ0v) is 13.3. The molecule has 0 amide bonds. The highest BCUT2D eigenvalue weighted by Crippen LogP contribution is 2.53. The number of nitrogens with zero attached hydrogens (tertiary/aromatic N) is 1. The first-order chi connectivity index (χ1) is 11.1. The van der Waals surface area contributed by atoms with E-state index in [0.29, 0.717) is 24.5 Å². The van der Waals surface area contributed by atoms with Crippen molar-refractivity contribution in [1.82, 2.24) is 4.90 Å². The minimum absolute atomic E-state index is 0.387. The van der Waals surface area contributed by atoms with Gasteiger partial charge < -0.3 is 19.7 Å². The van der Waals surface area contributed by atoms with Crippen molar-refractivity contribution < 1.29 is 19.7 Å². The Labute approximate surface area is 135 Å². The lowest BCUT2D eigenvalue weighted by Crippen LogP contribution is -2.52. The van der Waals surface area contributed by atoms with E-state index >= 15 is 0 Å². The molecule has 0 bridgehead atoms. The van der Waals surface area contributed by atoms with Gasteiger partial charge in [-0.05, 0) is 28.8 Å². The number of aliphatic hydroxyl groups excluding tert-OH is 2. The van der Waals surface area contributed by atoms with E-state index in [-0.39, 0.29) is 5.54 Å². The van der Waals surface area contributed by atoms with E-state index in [2.05, 4.69) is 11.0 Å². The Hall–Kier alpha value is -1.82. The normalized spacial score (nSPS) is 31.9. The molecule has 2 N–H and O–H groups in total. The Balaban J connectivity index is 1.97. The molecule has 23 heavy (non-hydrogen) atoms. The summed E-state index contributed by atoms with van der Waals surface area (Å²) in [6.45, 7) is 1.32. The quantitative estimate of drug-likeness (QED) is 0.866. The first-order valence-corrected chi connectivity index (χ1v) is 7.86. The molecule has 0 fully saturated rings. The summed E-state index contributed by atoms with van der Waals surface area (Å²) in [6, 6.07) is 3.82. The van der Waals surface area contributed by atoms with Gasteiger partial charge in [0.15, 0.2) is 11.5 Å². The molecule has 5 heteroatoms. The number of rotatable bonds is 2. The predicted octanol–water partition coefficient (Wildman–Crippen LogP) is 1.51. The van der Waals surface area contributed by atoms with Gasteiger partial charge in [0.1, 0.15) is 0 Å². The van der Waals surface area contributed by atoms with Gasteiger partial charge >= 0.3 is 0 Å². The highest BCUT2D eigenvalue weighted by molar-refractivity contribution is 5.58. The lowest BCUT2D eigenvalue weighted by atomic mass is 9.71. The molecule has 5 nitrogen and oxygen atoms in total. The van der Waals surface area contributed by atoms with Crippen LogP contribution in [0.5, 0.6) is 11.5 Å². The van der Waals surface area contributed by atoms with Gasteiger partial charge in [0.25, 0.3) is 0 Å². The van der Waals surface area contributed by atoms with Gasteiger partial charge in [-0.1, -0.05) is 18.2 Å². The van der Waals surface area contributed by atoms with Gasteiger partial charge in [0, 0.05) is 19.5 Å².